The Morgan fingerprint density at radius 3 is 2.65 bits per heavy atom. The largest absolute Gasteiger partial charge is 0.384 e. The summed E-state index contributed by atoms with van der Waals surface area (Å²) in [5.74, 6) is 1.66. The third-order valence-corrected chi connectivity index (χ3v) is 6.75. The number of carbonyl (C=O) groups is 1. The van der Waals surface area contributed by atoms with E-state index in [0.717, 1.165) is 57.1 Å². The van der Waals surface area contributed by atoms with Gasteiger partial charge < -0.3 is 14.5 Å². The zero-order valence-electron chi connectivity index (χ0n) is 16.2. The molecule has 1 spiro atoms. The summed E-state index contributed by atoms with van der Waals surface area (Å²) in [4.78, 5) is 17.7. The molecule has 0 radical (unpaired) electrons. The molecule has 3 aliphatic rings. The van der Waals surface area contributed by atoms with Gasteiger partial charge >= 0.3 is 0 Å². The van der Waals surface area contributed by atoms with Crippen LogP contribution in [-0.4, -0.2) is 62.1 Å². The van der Waals surface area contributed by atoms with Crippen molar-refractivity contribution < 1.29 is 9.53 Å². The van der Waals surface area contributed by atoms with Crippen LogP contribution in [0.1, 0.15) is 42.1 Å². The Kier molecular flexibility index (Phi) is 5.07. The molecular formula is C22H32N2O2. The highest BCUT2D eigenvalue weighted by molar-refractivity contribution is 5.94. The van der Waals surface area contributed by atoms with E-state index >= 15 is 0 Å². The number of hydrogen-bond donors (Lipinski definition) is 0. The fourth-order valence-electron chi connectivity index (χ4n) is 4.98. The maximum atomic E-state index is 13.0. The summed E-state index contributed by atoms with van der Waals surface area (Å²) in [6.45, 7) is 8.24. The van der Waals surface area contributed by atoms with Crippen molar-refractivity contribution in [2.75, 3.05) is 46.4 Å². The number of ether oxygens (including phenoxy) is 1. The lowest BCUT2D eigenvalue weighted by Gasteiger charge is -2.30. The van der Waals surface area contributed by atoms with E-state index in [1.54, 1.807) is 0 Å². The minimum atomic E-state index is 0.196. The Bertz CT molecular complexity index is 640. The molecule has 0 aromatic heterocycles. The van der Waals surface area contributed by atoms with Crippen LogP contribution >= 0.6 is 0 Å². The molecular weight excluding hydrogens is 324 g/mol. The van der Waals surface area contributed by atoms with Crippen LogP contribution in [0.4, 0.5) is 0 Å². The summed E-state index contributed by atoms with van der Waals surface area (Å²) < 4.78 is 5.56. The molecule has 0 N–H and O–H groups in total. The molecule has 0 bridgehead atoms. The number of carbonyl (C=O) groups excluding carboxylic acids is 1. The van der Waals surface area contributed by atoms with E-state index in [9.17, 15) is 4.79 Å². The molecule has 4 rings (SSSR count). The highest BCUT2D eigenvalue weighted by atomic mass is 16.5. The summed E-state index contributed by atoms with van der Waals surface area (Å²) in [7, 11) is 1.81. The second-order valence-corrected chi connectivity index (χ2v) is 8.68. The smallest absolute Gasteiger partial charge is 0.253 e. The van der Waals surface area contributed by atoms with Crippen molar-refractivity contribution in [3.63, 3.8) is 0 Å². The number of methoxy groups -OCH3 is 1. The fourth-order valence-corrected chi connectivity index (χ4v) is 4.98. The SMILES string of the molecule is CCc1ccc(C(=O)N2CC[C@@]3(CN(CC4CC4)C[C@@H]3COC)C2)cc1. The van der Waals surface area contributed by atoms with Crippen molar-refractivity contribution in [3.05, 3.63) is 35.4 Å². The van der Waals surface area contributed by atoms with E-state index in [1.165, 1.54) is 24.9 Å². The molecule has 2 heterocycles. The standard InChI is InChI=1S/C22H32N2O2/c1-3-17-6-8-19(9-7-17)21(25)24-11-10-22(16-24)15-23(12-18-4-5-18)13-20(22)14-26-2/h6-9,18,20H,3-5,10-16H2,1-2H3/t20-,22-/m1/s1. The molecule has 142 valence electrons. The fraction of sp³-hybridized carbons (Fsp3) is 0.682. The molecule has 4 heteroatoms. The first-order chi connectivity index (χ1) is 12.6. The molecule has 0 unspecified atom stereocenters. The van der Waals surface area contributed by atoms with Gasteiger partial charge in [-0.15, -0.1) is 0 Å². The van der Waals surface area contributed by atoms with Crippen LogP contribution in [0, 0.1) is 17.3 Å². The van der Waals surface area contributed by atoms with E-state index < -0.39 is 0 Å². The Hall–Kier alpha value is -1.39. The molecule has 2 atom stereocenters. The molecule has 1 amide bonds. The average Bonchev–Trinajstić information content (AvgIpc) is 3.27. The molecule has 2 aliphatic heterocycles. The first-order valence-corrected chi connectivity index (χ1v) is 10.2. The van der Waals surface area contributed by atoms with Crippen LogP contribution in [0.5, 0.6) is 0 Å². The van der Waals surface area contributed by atoms with Gasteiger partial charge in [-0.25, -0.2) is 0 Å². The summed E-state index contributed by atoms with van der Waals surface area (Å²) in [6, 6.07) is 8.15. The van der Waals surface area contributed by atoms with Crippen molar-refractivity contribution in [2.45, 2.75) is 32.6 Å². The van der Waals surface area contributed by atoms with Gasteiger partial charge in [-0.2, -0.15) is 0 Å². The van der Waals surface area contributed by atoms with E-state index in [4.69, 9.17) is 4.74 Å². The summed E-state index contributed by atoms with van der Waals surface area (Å²) in [5, 5.41) is 0. The van der Waals surface area contributed by atoms with Crippen LogP contribution in [0.15, 0.2) is 24.3 Å². The van der Waals surface area contributed by atoms with Crippen molar-refractivity contribution in [3.8, 4) is 0 Å². The first kappa shape index (κ1) is 18.0. The van der Waals surface area contributed by atoms with Crippen molar-refractivity contribution in [1.82, 2.24) is 9.80 Å². The van der Waals surface area contributed by atoms with Crippen LogP contribution in [-0.2, 0) is 11.2 Å². The highest BCUT2D eigenvalue weighted by Gasteiger charge is 2.51. The van der Waals surface area contributed by atoms with Crippen LogP contribution < -0.4 is 0 Å². The quantitative estimate of drug-likeness (QED) is 0.785. The lowest BCUT2D eigenvalue weighted by Crippen LogP contribution is -2.38. The summed E-state index contributed by atoms with van der Waals surface area (Å²) >= 11 is 0. The summed E-state index contributed by atoms with van der Waals surface area (Å²) in [5.41, 5.74) is 2.34. The highest BCUT2D eigenvalue weighted by Crippen LogP contribution is 2.45. The maximum absolute atomic E-state index is 13.0. The van der Waals surface area contributed by atoms with E-state index in [-0.39, 0.29) is 11.3 Å². The lowest BCUT2D eigenvalue weighted by molar-refractivity contribution is 0.0716. The number of nitrogens with zero attached hydrogens (tertiary/aromatic N) is 2. The number of aryl methyl sites for hydroxylation is 1. The van der Waals surface area contributed by atoms with E-state index in [0.29, 0.717) is 5.92 Å². The topological polar surface area (TPSA) is 32.8 Å². The van der Waals surface area contributed by atoms with Crippen LogP contribution in [0.2, 0.25) is 0 Å². The molecule has 1 aliphatic carbocycles. The zero-order chi connectivity index (χ0) is 18.1. The Labute approximate surface area is 157 Å². The third-order valence-electron chi connectivity index (χ3n) is 6.75. The van der Waals surface area contributed by atoms with Crippen LogP contribution in [0.25, 0.3) is 0 Å². The number of hydrogen-bond acceptors (Lipinski definition) is 3. The van der Waals surface area contributed by atoms with Gasteiger partial charge in [0.2, 0.25) is 0 Å². The van der Waals surface area contributed by atoms with Crippen molar-refractivity contribution in [2.24, 2.45) is 17.3 Å². The Balaban J connectivity index is 1.45. The molecule has 4 nitrogen and oxygen atoms in total. The first-order valence-electron chi connectivity index (χ1n) is 10.2. The lowest BCUT2D eigenvalue weighted by atomic mass is 9.77. The molecule has 1 aromatic rings. The summed E-state index contributed by atoms with van der Waals surface area (Å²) in [6.07, 6.45) is 4.92. The predicted molar refractivity (Wildman–Crippen MR) is 103 cm³/mol. The molecule has 1 aromatic carbocycles. The van der Waals surface area contributed by atoms with Gasteiger partial charge in [0.05, 0.1) is 6.61 Å². The van der Waals surface area contributed by atoms with Gasteiger partial charge in [-0.05, 0) is 49.3 Å². The predicted octanol–water partition coefficient (Wildman–Crippen LogP) is 3.07. The Morgan fingerprint density at radius 2 is 2.00 bits per heavy atom. The molecule has 1 saturated carbocycles. The molecule has 3 fully saturated rings. The average molecular weight is 357 g/mol. The van der Waals surface area contributed by atoms with Gasteiger partial charge in [-0.1, -0.05) is 19.1 Å². The second kappa shape index (κ2) is 7.32. The number of rotatable bonds is 6. The third kappa shape index (κ3) is 3.54. The second-order valence-electron chi connectivity index (χ2n) is 8.68. The maximum Gasteiger partial charge on any atom is 0.253 e. The number of benzene rings is 1. The van der Waals surface area contributed by atoms with Gasteiger partial charge in [0.25, 0.3) is 5.91 Å². The minimum absolute atomic E-state index is 0.196. The molecule has 26 heavy (non-hydrogen) atoms. The normalized spacial score (nSPS) is 29.0. The zero-order valence-corrected chi connectivity index (χ0v) is 16.2. The van der Waals surface area contributed by atoms with Gasteiger partial charge in [0.1, 0.15) is 0 Å². The number of amides is 1. The Morgan fingerprint density at radius 1 is 1.23 bits per heavy atom. The molecule has 2 saturated heterocycles. The van der Waals surface area contributed by atoms with Gasteiger partial charge in [0.15, 0.2) is 0 Å². The monoisotopic (exact) mass is 356 g/mol. The van der Waals surface area contributed by atoms with E-state index in [1.807, 2.05) is 19.2 Å². The van der Waals surface area contributed by atoms with E-state index in [2.05, 4.69) is 28.9 Å². The van der Waals surface area contributed by atoms with Gasteiger partial charge in [-0.3, -0.25) is 4.79 Å². The van der Waals surface area contributed by atoms with Crippen molar-refractivity contribution in [1.29, 1.82) is 0 Å². The van der Waals surface area contributed by atoms with Crippen LogP contribution in [0.3, 0.4) is 0 Å². The van der Waals surface area contributed by atoms with Crippen molar-refractivity contribution >= 4 is 5.91 Å². The van der Waals surface area contributed by atoms with Gasteiger partial charge in [0, 0.05) is 56.7 Å². The minimum Gasteiger partial charge on any atom is -0.384 e. The number of likely N-dealkylation sites (tertiary alicyclic amines) is 2.